The Morgan fingerprint density at radius 2 is 0.803 bits per heavy atom. The molecule has 3 atom stereocenters. The molecule has 0 heterocycles. The lowest BCUT2D eigenvalue weighted by molar-refractivity contribution is -0.870. The molecular formula is C67H112N2O6P+. The number of aliphatic hydroxyl groups is 1. The molecule has 0 aliphatic rings. The molecule has 8 nitrogen and oxygen atoms in total. The van der Waals surface area contributed by atoms with Crippen LogP contribution in [-0.2, 0) is 18.4 Å². The van der Waals surface area contributed by atoms with Gasteiger partial charge in [-0.05, 0) is 122 Å². The number of allylic oxidation sites excluding steroid dienone is 25. The summed E-state index contributed by atoms with van der Waals surface area (Å²) >= 11 is 0. The van der Waals surface area contributed by atoms with Crippen LogP contribution in [0.15, 0.2) is 158 Å². The van der Waals surface area contributed by atoms with Gasteiger partial charge in [-0.1, -0.05) is 236 Å². The molecule has 430 valence electrons. The second-order valence-corrected chi connectivity index (χ2v) is 22.1. The fraction of sp³-hybridized carbons (Fsp3) is 0.597. The van der Waals surface area contributed by atoms with Crippen molar-refractivity contribution in [2.45, 2.75) is 219 Å². The smallest absolute Gasteiger partial charge is 0.387 e. The van der Waals surface area contributed by atoms with Gasteiger partial charge in [-0.15, -0.1) is 0 Å². The summed E-state index contributed by atoms with van der Waals surface area (Å²) < 4.78 is 23.7. The first-order chi connectivity index (χ1) is 37.0. The molecule has 0 radical (unpaired) electrons. The highest BCUT2D eigenvalue weighted by molar-refractivity contribution is 7.47. The second-order valence-electron chi connectivity index (χ2n) is 20.6. The van der Waals surface area contributed by atoms with Crippen LogP contribution in [0.25, 0.3) is 0 Å². The van der Waals surface area contributed by atoms with Gasteiger partial charge in [0.2, 0.25) is 5.91 Å². The average molecular weight is 1070 g/mol. The van der Waals surface area contributed by atoms with Crippen LogP contribution in [0.5, 0.6) is 0 Å². The van der Waals surface area contributed by atoms with E-state index in [1.807, 2.05) is 27.2 Å². The molecule has 76 heavy (non-hydrogen) atoms. The highest BCUT2D eigenvalue weighted by atomic mass is 31.2. The predicted molar refractivity (Wildman–Crippen MR) is 331 cm³/mol. The molecule has 1 amide bonds. The molecule has 0 saturated carbocycles. The predicted octanol–water partition coefficient (Wildman–Crippen LogP) is 18.6. The summed E-state index contributed by atoms with van der Waals surface area (Å²) in [7, 11) is 1.49. The molecule has 0 fully saturated rings. The molecule has 0 aliphatic carbocycles. The zero-order chi connectivity index (χ0) is 55.6. The quantitative estimate of drug-likeness (QED) is 0.0243. The van der Waals surface area contributed by atoms with Crippen molar-refractivity contribution in [2.75, 3.05) is 40.9 Å². The van der Waals surface area contributed by atoms with Crippen LogP contribution in [0.2, 0.25) is 0 Å². The van der Waals surface area contributed by atoms with Crippen LogP contribution in [0.1, 0.15) is 206 Å². The summed E-state index contributed by atoms with van der Waals surface area (Å²) in [6.07, 6.45) is 87.8. The topological polar surface area (TPSA) is 105 Å². The molecule has 0 saturated heterocycles. The van der Waals surface area contributed by atoms with E-state index < -0.39 is 20.0 Å². The van der Waals surface area contributed by atoms with Gasteiger partial charge in [0.05, 0.1) is 39.9 Å². The normalized spacial score (nSPS) is 15.0. The number of nitrogens with one attached hydrogen (secondary N) is 1. The molecule has 0 bridgehead atoms. The number of amides is 1. The van der Waals surface area contributed by atoms with Crippen molar-refractivity contribution < 1.29 is 32.9 Å². The summed E-state index contributed by atoms with van der Waals surface area (Å²) in [5, 5.41) is 13.9. The fourth-order valence-electron chi connectivity index (χ4n) is 7.57. The summed E-state index contributed by atoms with van der Waals surface area (Å²) in [4.78, 5) is 23.3. The van der Waals surface area contributed by atoms with Crippen LogP contribution < -0.4 is 5.32 Å². The Kier molecular flexibility index (Phi) is 53.0. The molecule has 0 aromatic rings. The minimum atomic E-state index is -4.39. The van der Waals surface area contributed by atoms with Crippen molar-refractivity contribution in [2.24, 2.45) is 0 Å². The van der Waals surface area contributed by atoms with Gasteiger partial charge >= 0.3 is 7.82 Å². The minimum absolute atomic E-state index is 0.0355. The number of nitrogens with zero attached hydrogens (tertiary/aromatic N) is 1. The van der Waals surface area contributed by atoms with Crippen molar-refractivity contribution >= 4 is 13.7 Å². The molecule has 0 spiro atoms. The van der Waals surface area contributed by atoms with E-state index in [0.29, 0.717) is 17.4 Å². The first kappa shape index (κ1) is 72.1. The van der Waals surface area contributed by atoms with Gasteiger partial charge in [0.15, 0.2) is 0 Å². The van der Waals surface area contributed by atoms with Gasteiger partial charge < -0.3 is 19.8 Å². The van der Waals surface area contributed by atoms with E-state index in [1.54, 1.807) is 6.08 Å². The van der Waals surface area contributed by atoms with Crippen molar-refractivity contribution in [3.8, 4) is 0 Å². The van der Waals surface area contributed by atoms with Crippen LogP contribution in [0.3, 0.4) is 0 Å². The number of unbranched alkanes of at least 4 members (excludes halogenated alkanes) is 15. The maximum atomic E-state index is 13.0. The Balaban J connectivity index is 4.41. The second kappa shape index (κ2) is 55.9. The van der Waals surface area contributed by atoms with E-state index in [2.05, 4.69) is 165 Å². The van der Waals surface area contributed by atoms with Crippen LogP contribution in [-0.4, -0.2) is 73.4 Å². The number of hydrogen-bond donors (Lipinski definition) is 3. The molecular weight excluding hydrogens is 960 g/mol. The number of phosphoric ester groups is 1. The molecule has 3 unspecified atom stereocenters. The van der Waals surface area contributed by atoms with E-state index in [1.165, 1.54) is 77.0 Å². The summed E-state index contributed by atoms with van der Waals surface area (Å²) in [5.74, 6) is -0.240. The Labute approximate surface area is 467 Å². The zero-order valence-electron chi connectivity index (χ0n) is 48.9. The lowest BCUT2D eigenvalue weighted by Gasteiger charge is -2.25. The standard InChI is InChI=1S/C67H111N2O6P/c1-6-8-10-12-14-16-18-20-22-24-26-28-29-30-31-32-33-34-35-36-37-38-39-41-43-45-47-49-51-53-55-57-59-61-67(71)68-65(64-75-76(72,73)74-63-62-69(3,4)5)66(70)60-58-56-54-52-50-48-46-44-42-40-27-25-23-21-19-17-15-13-11-9-7-2/h8,10,14,16,20,22,26,28,30-31,33-34,36-37,39,41-42,44-45,47,50-53,58,60,65-66,70H,6-7,9,11-13,15,17-19,21,23-25,27,29,32,35,38,40,43,46,48-49,54-57,59,61-64H2,1-5H3,(H-,68,71,72,73)/p+1/b10-8-,16-14-,22-20-,28-26-,31-30-,34-33-,37-36-,41-39-,44-42+,47-45-,52-50+,53-51-,60-58+. The first-order valence-electron chi connectivity index (χ1n) is 29.9. The Hall–Kier alpha value is -3.88. The third kappa shape index (κ3) is 57.8. The lowest BCUT2D eigenvalue weighted by Crippen LogP contribution is -2.45. The summed E-state index contributed by atoms with van der Waals surface area (Å²) in [6.45, 7) is 4.62. The van der Waals surface area contributed by atoms with E-state index >= 15 is 0 Å². The number of carbonyl (C=O) groups excluding carboxylic acids is 1. The third-order valence-electron chi connectivity index (χ3n) is 12.2. The van der Waals surface area contributed by atoms with Crippen molar-refractivity contribution in [3.63, 3.8) is 0 Å². The Bertz CT molecular complexity index is 1790. The van der Waals surface area contributed by atoms with Gasteiger partial charge in [0.25, 0.3) is 0 Å². The third-order valence-corrected chi connectivity index (χ3v) is 13.2. The SMILES string of the molecule is CC/C=C\C/C=C\C/C=C\C/C=C\C/C=C\C/C=C\C/C=C\C/C=C\C/C=C\C/C=C\CCCCC(=O)NC(COP(=O)(O)OCC[N+](C)(C)C)C(O)/C=C/CC/C=C/CC/C=C/CCCCCCCCCCCCC. The lowest BCUT2D eigenvalue weighted by atomic mass is 10.1. The Morgan fingerprint density at radius 1 is 0.461 bits per heavy atom. The van der Waals surface area contributed by atoms with Gasteiger partial charge in [-0.2, -0.15) is 0 Å². The largest absolute Gasteiger partial charge is 0.472 e. The summed E-state index contributed by atoms with van der Waals surface area (Å²) in [6, 6.07) is -0.907. The minimum Gasteiger partial charge on any atom is -0.387 e. The maximum absolute atomic E-state index is 13.0. The van der Waals surface area contributed by atoms with Crippen LogP contribution in [0.4, 0.5) is 0 Å². The van der Waals surface area contributed by atoms with Crippen molar-refractivity contribution in [3.05, 3.63) is 158 Å². The number of aliphatic hydroxyl groups excluding tert-OH is 1. The number of carbonyl (C=O) groups is 1. The maximum Gasteiger partial charge on any atom is 0.472 e. The van der Waals surface area contributed by atoms with Crippen LogP contribution >= 0.6 is 7.82 Å². The fourth-order valence-corrected chi connectivity index (χ4v) is 8.31. The summed E-state index contributed by atoms with van der Waals surface area (Å²) in [5.41, 5.74) is 0. The van der Waals surface area contributed by atoms with E-state index in [4.69, 9.17) is 9.05 Å². The zero-order valence-corrected chi connectivity index (χ0v) is 49.8. The van der Waals surface area contributed by atoms with Gasteiger partial charge in [0, 0.05) is 6.42 Å². The molecule has 0 aromatic heterocycles. The van der Waals surface area contributed by atoms with E-state index in [0.717, 1.165) is 103 Å². The van der Waals surface area contributed by atoms with E-state index in [-0.39, 0.29) is 25.5 Å². The van der Waals surface area contributed by atoms with Gasteiger partial charge in [-0.25, -0.2) is 4.57 Å². The monoisotopic (exact) mass is 1070 g/mol. The molecule has 0 aliphatic heterocycles. The number of hydrogen-bond acceptors (Lipinski definition) is 5. The average Bonchev–Trinajstić information content (AvgIpc) is 3.38. The highest BCUT2D eigenvalue weighted by Gasteiger charge is 2.27. The first-order valence-corrected chi connectivity index (χ1v) is 31.4. The van der Waals surface area contributed by atoms with Crippen molar-refractivity contribution in [1.82, 2.24) is 5.32 Å². The van der Waals surface area contributed by atoms with Gasteiger partial charge in [-0.3, -0.25) is 13.8 Å². The molecule has 3 N–H and O–H groups in total. The molecule has 9 heteroatoms. The molecule has 0 rings (SSSR count). The number of phosphoric acid groups is 1. The Morgan fingerprint density at radius 3 is 1.21 bits per heavy atom. The number of likely N-dealkylation sites (N-methyl/N-ethyl adjacent to an activating group) is 1. The van der Waals surface area contributed by atoms with Crippen LogP contribution in [0, 0.1) is 0 Å². The number of rotatable bonds is 52. The van der Waals surface area contributed by atoms with E-state index in [9.17, 15) is 19.4 Å². The van der Waals surface area contributed by atoms with Crippen molar-refractivity contribution in [1.29, 1.82) is 0 Å². The highest BCUT2D eigenvalue weighted by Crippen LogP contribution is 2.43. The molecule has 0 aromatic carbocycles. The van der Waals surface area contributed by atoms with Gasteiger partial charge in [0.1, 0.15) is 13.2 Å². The number of quaternary nitrogens is 1.